The van der Waals surface area contributed by atoms with Gasteiger partial charge in [0.2, 0.25) is 0 Å². The standard InChI is InChI=1S/C6H10NO/c8-3-6-4-1-7-2-5(4)6/h4-6,8H,1-3H2. The van der Waals surface area contributed by atoms with Crippen LogP contribution in [0.4, 0.5) is 0 Å². The zero-order valence-electron chi connectivity index (χ0n) is 4.75. The molecule has 0 aromatic carbocycles. The number of hydrogen-bond acceptors (Lipinski definition) is 1. The van der Waals surface area contributed by atoms with Crippen LogP contribution in [0.3, 0.4) is 0 Å². The van der Waals surface area contributed by atoms with Crippen molar-refractivity contribution in [3.05, 3.63) is 0 Å². The summed E-state index contributed by atoms with van der Waals surface area (Å²) in [5.41, 5.74) is 0. The molecule has 0 aromatic rings. The summed E-state index contributed by atoms with van der Waals surface area (Å²) >= 11 is 0. The number of nitrogens with zero attached hydrogens (tertiary/aromatic N) is 1. The van der Waals surface area contributed by atoms with Gasteiger partial charge in [-0.1, -0.05) is 0 Å². The van der Waals surface area contributed by atoms with Gasteiger partial charge in [0, 0.05) is 19.7 Å². The van der Waals surface area contributed by atoms with Gasteiger partial charge >= 0.3 is 0 Å². The van der Waals surface area contributed by atoms with Gasteiger partial charge in [-0.15, -0.1) is 0 Å². The fourth-order valence-corrected chi connectivity index (χ4v) is 1.71. The molecule has 1 aliphatic carbocycles. The molecule has 45 valence electrons. The number of rotatable bonds is 1. The fraction of sp³-hybridized carbons (Fsp3) is 1.00. The minimum atomic E-state index is 0.394. The van der Waals surface area contributed by atoms with Gasteiger partial charge in [-0.05, 0) is 17.8 Å². The number of hydrogen-bond donors (Lipinski definition) is 1. The molecule has 2 unspecified atom stereocenters. The highest BCUT2D eigenvalue weighted by atomic mass is 16.3. The SMILES string of the molecule is OCC1C2C[N]CC12. The third-order valence-corrected chi connectivity index (χ3v) is 2.40. The van der Waals surface area contributed by atoms with Crippen molar-refractivity contribution >= 4 is 0 Å². The number of aliphatic hydroxyl groups excluding tert-OH is 1. The molecule has 0 spiro atoms. The highest BCUT2D eigenvalue weighted by Gasteiger charge is 2.52. The second-order valence-corrected chi connectivity index (χ2v) is 2.76. The zero-order chi connectivity index (χ0) is 5.56. The Kier molecular flexibility index (Phi) is 0.866. The Bertz CT molecular complexity index is 87.9. The van der Waals surface area contributed by atoms with Crippen molar-refractivity contribution < 1.29 is 5.11 Å². The van der Waals surface area contributed by atoms with E-state index < -0.39 is 0 Å². The average molecular weight is 112 g/mol. The second-order valence-electron chi connectivity index (χ2n) is 2.76. The van der Waals surface area contributed by atoms with Crippen LogP contribution >= 0.6 is 0 Å². The molecule has 2 aliphatic rings. The first-order chi connectivity index (χ1) is 3.93. The highest BCUT2D eigenvalue weighted by Crippen LogP contribution is 2.48. The number of aliphatic hydroxyl groups is 1. The van der Waals surface area contributed by atoms with Crippen LogP contribution in [0, 0.1) is 17.8 Å². The Morgan fingerprint density at radius 1 is 1.38 bits per heavy atom. The largest absolute Gasteiger partial charge is 0.396 e. The number of fused-ring (bicyclic) bond motifs is 1. The summed E-state index contributed by atoms with van der Waals surface area (Å²) in [7, 11) is 0. The van der Waals surface area contributed by atoms with Gasteiger partial charge in [0.15, 0.2) is 0 Å². The molecule has 8 heavy (non-hydrogen) atoms. The Balaban J connectivity index is 1.94. The first-order valence-electron chi connectivity index (χ1n) is 3.17. The Hall–Kier alpha value is -0.0800. The van der Waals surface area contributed by atoms with Crippen molar-refractivity contribution in [2.45, 2.75) is 0 Å². The maximum Gasteiger partial charge on any atom is 0.0465 e. The molecule has 0 aromatic heterocycles. The molecular weight excluding hydrogens is 102 g/mol. The molecule has 2 fully saturated rings. The van der Waals surface area contributed by atoms with Crippen LogP contribution in [0.1, 0.15) is 0 Å². The summed E-state index contributed by atoms with van der Waals surface area (Å²) in [6.07, 6.45) is 0. The summed E-state index contributed by atoms with van der Waals surface area (Å²) in [5.74, 6) is 2.19. The molecule has 1 aliphatic heterocycles. The predicted molar refractivity (Wildman–Crippen MR) is 29.4 cm³/mol. The third kappa shape index (κ3) is 0.446. The van der Waals surface area contributed by atoms with E-state index in [-0.39, 0.29) is 0 Å². The minimum Gasteiger partial charge on any atom is -0.396 e. The van der Waals surface area contributed by atoms with Crippen LogP contribution in [0.25, 0.3) is 0 Å². The van der Waals surface area contributed by atoms with E-state index in [9.17, 15) is 0 Å². The average Bonchev–Trinajstić information content (AvgIpc) is 2.22. The van der Waals surface area contributed by atoms with Crippen molar-refractivity contribution in [2.75, 3.05) is 19.7 Å². The molecule has 1 heterocycles. The van der Waals surface area contributed by atoms with Gasteiger partial charge in [-0.3, -0.25) is 0 Å². The monoisotopic (exact) mass is 112 g/mol. The molecule has 0 bridgehead atoms. The summed E-state index contributed by atoms with van der Waals surface area (Å²) in [6, 6.07) is 0. The van der Waals surface area contributed by atoms with Crippen LogP contribution < -0.4 is 5.32 Å². The van der Waals surface area contributed by atoms with E-state index in [1.807, 2.05) is 0 Å². The lowest BCUT2D eigenvalue weighted by molar-refractivity contribution is 0.258. The molecular formula is C6H10NO. The zero-order valence-corrected chi connectivity index (χ0v) is 4.75. The van der Waals surface area contributed by atoms with E-state index >= 15 is 0 Å². The Labute approximate surface area is 48.9 Å². The topological polar surface area (TPSA) is 34.3 Å². The van der Waals surface area contributed by atoms with Crippen molar-refractivity contribution in [1.29, 1.82) is 0 Å². The lowest BCUT2D eigenvalue weighted by Gasteiger charge is -1.95. The first kappa shape index (κ1) is 4.77. The molecule has 2 nitrogen and oxygen atoms in total. The maximum absolute atomic E-state index is 8.67. The summed E-state index contributed by atoms with van der Waals surface area (Å²) in [6.45, 7) is 2.44. The van der Waals surface area contributed by atoms with Crippen LogP contribution in [-0.2, 0) is 0 Å². The van der Waals surface area contributed by atoms with E-state index in [2.05, 4.69) is 5.32 Å². The van der Waals surface area contributed by atoms with Crippen LogP contribution in [0.15, 0.2) is 0 Å². The molecule has 1 saturated carbocycles. The van der Waals surface area contributed by atoms with Crippen molar-refractivity contribution in [3.63, 3.8) is 0 Å². The van der Waals surface area contributed by atoms with E-state index in [1.54, 1.807) is 0 Å². The van der Waals surface area contributed by atoms with E-state index in [0.717, 1.165) is 24.9 Å². The van der Waals surface area contributed by atoms with E-state index in [0.29, 0.717) is 12.5 Å². The van der Waals surface area contributed by atoms with Crippen LogP contribution in [0.5, 0.6) is 0 Å². The van der Waals surface area contributed by atoms with Crippen molar-refractivity contribution in [3.8, 4) is 0 Å². The lowest BCUT2D eigenvalue weighted by atomic mass is 10.3. The molecule has 0 amide bonds. The molecule has 1 N–H and O–H groups in total. The second kappa shape index (κ2) is 1.45. The summed E-state index contributed by atoms with van der Waals surface area (Å²) < 4.78 is 0. The maximum atomic E-state index is 8.67. The fourth-order valence-electron chi connectivity index (χ4n) is 1.71. The predicted octanol–water partition coefficient (Wildman–Crippen LogP) is -0.541. The normalized spacial score (nSPS) is 51.4. The van der Waals surface area contributed by atoms with E-state index in [4.69, 9.17) is 5.11 Å². The smallest absolute Gasteiger partial charge is 0.0465 e. The Morgan fingerprint density at radius 2 is 2.00 bits per heavy atom. The summed E-state index contributed by atoms with van der Waals surface area (Å²) in [4.78, 5) is 0. The van der Waals surface area contributed by atoms with Crippen molar-refractivity contribution in [2.24, 2.45) is 17.8 Å². The van der Waals surface area contributed by atoms with Gasteiger partial charge in [-0.25, -0.2) is 5.32 Å². The molecule has 2 atom stereocenters. The lowest BCUT2D eigenvalue weighted by Crippen LogP contribution is -2.08. The first-order valence-corrected chi connectivity index (χ1v) is 3.17. The molecule has 1 radical (unpaired) electrons. The highest BCUT2D eigenvalue weighted by molar-refractivity contribution is 5.02. The number of piperidine rings is 1. The molecule has 2 heteroatoms. The van der Waals surface area contributed by atoms with Crippen molar-refractivity contribution in [1.82, 2.24) is 5.32 Å². The molecule has 1 saturated heterocycles. The van der Waals surface area contributed by atoms with Crippen LogP contribution in [0.2, 0.25) is 0 Å². The Morgan fingerprint density at radius 3 is 2.38 bits per heavy atom. The van der Waals surface area contributed by atoms with Gasteiger partial charge in [0.25, 0.3) is 0 Å². The third-order valence-electron chi connectivity index (χ3n) is 2.40. The quantitative estimate of drug-likeness (QED) is 0.485. The minimum absolute atomic E-state index is 0.394. The van der Waals surface area contributed by atoms with Gasteiger partial charge in [0.1, 0.15) is 0 Å². The van der Waals surface area contributed by atoms with Crippen LogP contribution in [-0.4, -0.2) is 24.8 Å². The summed E-state index contributed by atoms with van der Waals surface area (Å²) in [5, 5.41) is 12.9. The van der Waals surface area contributed by atoms with Gasteiger partial charge in [0.05, 0.1) is 0 Å². The molecule has 2 rings (SSSR count). The van der Waals surface area contributed by atoms with Gasteiger partial charge in [-0.2, -0.15) is 0 Å². The van der Waals surface area contributed by atoms with Gasteiger partial charge < -0.3 is 5.11 Å². The van der Waals surface area contributed by atoms with E-state index in [1.165, 1.54) is 0 Å².